The highest BCUT2D eigenvalue weighted by Crippen LogP contribution is 2.43. The van der Waals surface area contributed by atoms with Crippen LogP contribution in [0.15, 0.2) is 29.2 Å². The van der Waals surface area contributed by atoms with Gasteiger partial charge in [-0.15, -0.1) is 0 Å². The summed E-state index contributed by atoms with van der Waals surface area (Å²) in [6, 6.07) is 6.77. The van der Waals surface area contributed by atoms with Crippen molar-refractivity contribution >= 4 is 15.7 Å². The maximum absolute atomic E-state index is 14.0. The summed E-state index contributed by atoms with van der Waals surface area (Å²) in [7, 11) is -1.55. The van der Waals surface area contributed by atoms with Gasteiger partial charge < -0.3 is 10.1 Å². The summed E-state index contributed by atoms with van der Waals surface area (Å²) in [6.07, 6.45) is -5.05. The van der Waals surface area contributed by atoms with Crippen LogP contribution in [0.4, 0.5) is 13.2 Å². The Bertz CT molecular complexity index is 1310. The number of nitrogens with zero attached hydrogens (tertiary/aromatic N) is 3. The van der Waals surface area contributed by atoms with E-state index < -0.39 is 55.2 Å². The van der Waals surface area contributed by atoms with Crippen molar-refractivity contribution in [2.24, 2.45) is 13.0 Å². The predicted octanol–water partition coefficient (Wildman–Crippen LogP) is 3.15. The van der Waals surface area contributed by atoms with Crippen molar-refractivity contribution in [3.8, 4) is 17.3 Å². The van der Waals surface area contributed by atoms with Gasteiger partial charge in [0.25, 0.3) is 0 Å². The number of ether oxygens (including phenoxy) is 1. The molecule has 1 aromatic carbocycles. The zero-order valence-electron chi connectivity index (χ0n) is 19.4. The number of aryl methyl sites for hydroxylation is 2. The van der Waals surface area contributed by atoms with Crippen LogP contribution < -0.4 is 5.32 Å². The molecule has 3 atom stereocenters. The van der Waals surface area contributed by atoms with Crippen molar-refractivity contribution in [2.45, 2.75) is 60.6 Å². The fourth-order valence-electron chi connectivity index (χ4n) is 4.68. The number of rotatable bonds is 6. The van der Waals surface area contributed by atoms with Crippen LogP contribution in [0.2, 0.25) is 0 Å². The third-order valence-corrected chi connectivity index (χ3v) is 8.99. The first-order valence-electron chi connectivity index (χ1n) is 11.0. The second-order valence-electron chi connectivity index (χ2n) is 9.21. The van der Waals surface area contributed by atoms with Crippen LogP contribution in [-0.4, -0.2) is 48.1 Å². The molecule has 1 heterocycles. The lowest BCUT2D eigenvalue weighted by Gasteiger charge is -2.19. The second-order valence-corrected chi connectivity index (χ2v) is 11.4. The van der Waals surface area contributed by atoms with Crippen molar-refractivity contribution in [3.63, 3.8) is 0 Å². The molecule has 4 rings (SSSR count). The number of nitrogens with one attached hydrogen (secondary N) is 1. The van der Waals surface area contributed by atoms with E-state index in [2.05, 4.69) is 10.4 Å². The summed E-state index contributed by atoms with van der Waals surface area (Å²) in [5.74, 6) is -1.41. The number of methoxy groups -OCH3 is 1. The highest BCUT2D eigenvalue weighted by molar-refractivity contribution is 7.92. The molecule has 0 aliphatic heterocycles. The SMILES string of the molecule is CO[C@@H]1C[C@H](S(=O)(=O)c2ccc(-c3cc(C)nn3C)cc2C(F)(F)F)C[C@H]1C(=O)NC1(C#N)CC1. The van der Waals surface area contributed by atoms with Gasteiger partial charge in [-0.3, -0.25) is 9.48 Å². The number of carbonyl (C=O) groups excluding carboxylic acids is 1. The number of benzene rings is 1. The van der Waals surface area contributed by atoms with E-state index in [1.807, 2.05) is 6.07 Å². The minimum Gasteiger partial charge on any atom is -0.381 e. The van der Waals surface area contributed by atoms with Gasteiger partial charge in [-0.05, 0) is 50.8 Å². The Hall–Kier alpha value is -2.91. The third kappa shape index (κ3) is 4.67. The third-order valence-electron chi connectivity index (χ3n) is 6.75. The predicted molar refractivity (Wildman–Crippen MR) is 119 cm³/mol. The lowest BCUT2D eigenvalue weighted by Crippen LogP contribution is -2.42. The minimum absolute atomic E-state index is 0.129. The zero-order chi connectivity index (χ0) is 25.8. The van der Waals surface area contributed by atoms with Crippen LogP contribution in [0.3, 0.4) is 0 Å². The van der Waals surface area contributed by atoms with Crippen LogP contribution in [0.1, 0.15) is 36.9 Å². The molecule has 188 valence electrons. The molecule has 1 N–H and O–H groups in total. The molecule has 2 fully saturated rings. The first kappa shape index (κ1) is 25.2. The molecule has 0 saturated heterocycles. The molecular formula is C23H25F3N4O4S. The van der Waals surface area contributed by atoms with Gasteiger partial charge in [-0.25, -0.2) is 8.42 Å². The van der Waals surface area contributed by atoms with Gasteiger partial charge in [-0.2, -0.15) is 23.5 Å². The fraction of sp³-hybridized carbons (Fsp3) is 0.522. The Balaban J connectivity index is 1.68. The quantitative estimate of drug-likeness (QED) is 0.639. The molecule has 12 heteroatoms. The Morgan fingerprint density at radius 3 is 2.49 bits per heavy atom. The Morgan fingerprint density at radius 2 is 1.97 bits per heavy atom. The normalized spacial score (nSPS) is 23.6. The number of carbonyl (C=O) groups is 1. The van der Waals surface area contributed by atoms with Crippen molar-refractivity contribution in [1.29, 1.82) is 5.26 Å². The minimum atomic E-state index is -4.92. The summed E-state index contributed by atoms with van der Waals surface area (Å²) in [6.45, 7) is 1.70. The van der Waals surface area contributed by atoms with E-state index in [4.69, 9.17) is 4.74 Å². The van der Waals surface area contributed by atoms with Crippen LogP contribution in [0.25, 0.3) is 11.3 Å². The zero-order valence-corrected chi connectivity index (χ0v) is 20.2. The van der Waals surface area contributed by atoms with E-state index in [9.17, 15) is 31.6 Å². The van der Waals surface area contributed by atoms with Crippen LogP contribution in [0, 0.1) is 24.2 Å². The summed E-state index contributed by atoms with van der Waals surface area (Å²) in [5.41, 5.74) is -1.00. The van der Waals surface area contributed by atoms with Gasteiger partial charge in [0.2, 0.25) is 5.91 Å². The number of sulfone groups is 1. The Morgan fingerprint density at radius 1 is 1.29 bits per heavy atom. The standard InChI is InChI=1S/C23H25F3N4O4S/c1-13-8-18(30(2)29-13)14-4-5-20(17(9-14)23(24,25)26)35(32,33)15-10-16(19(11-15)34-3)21(31)28-22(12-27)6-7-22/h4-5,8-9,15-16,19H,6-7,10-11H2,1-3H3,(H,28,31)/t15-,16-,19-/m1/s1. The van der Waals surface area contributed by atoms with E-state index >= 15 is 0 Å². The molecule has 35 heavy (non-hydrogen) atoms. The fourth-order valence-corrected chi connectivity index (χ4v) is 6.68. The Kier molecular flexibility index (Phi) is 6.22. The molecule has 1 aromatic heterocycles. The number of hydrogen-bond donors (Lipinski definition) is 1. The number of amides is 1. The first-order valence-corrected chi connectivity index (χ1v) is 12.6. The highest BCUT2D eigenvalue weighted by atomic mass is 32.2. The van der Waals surface area contributed by atoms with Crippen molar-refractivity contribution in [3.05, 3.63) is 35.5 Å². The largest absolute Gasteiger partial charge is 0.417 e. The number of halogens is 3. The first-order chi connectivity index (χ1) is 16.3. The maximum Gasteiger partial charge on any atom is 0.417 e. The van der Waals surface area contributed by atoms with Crippen molar-refractivity contribution in [1.82, 2.24) is 15.1 Å². The molecule has 2 aliphatic carbocycles. The van der Waals surface area contributed by atoms with Gasteiger partial charge in [0.15, 0.2) is 9.84 Å². The van der Waals surface area contributed by atoms with Crippen molar-refractivity contribution < 1.29 is 31.1 Å². The number of aromatic nitrogens is 2. The average Bonchev–Trinajstić information content (AvgIpc) is 3.26. The van der Waals surface area contributed by atoms with Crippen LogP contribution in [-0.2, 0) is 32.6 Å². The number of hydrogen-bond acceptors (Lipinski definition) is 6. The van der Waals surface area contributed by atoms with E-state index in [0.717, 1.165) is 12.1 Å². The monoisotopic (exact) mass is 510 g/mol. The molecule has 0 bridgehead atoms. The molecule has 0 spiro atoms. The van der Waals surface area contributed by atoms with E-state index in [1.165, 1.54) is 17.9 Å². The number of nitriles is 1. The van der Waals surface area contributed by atoms with Gasteiger partial charge >= 0.3 is 6.18 Å². The summed E-state index contributed by atoms with van der Waals surface area (Å²) in [4.78, 5) is 11.9. The number of alkyl halides is 3. The van der Waals surface area contributed by atoms with Crippen LogP contribution in [0.5, 0.6) is 0 Å². The molecule has 0 unspecified atom stereocenters. The molecule has 0 radical (unpaired) electrons. The molecule has 2 aliphatic rings. The molecular weight excluding hydrogens is 485 g/mol. The smallest absolute Gasteiger partial charge is 0.381 e. The Labute approximate surface area is 201 Å². The lowest BCUT2D eigenvalue weighted by molar-refractivity contribution is -0.139. The van der Waals surface area contributed by atoms with E-state index in [-0.39, 0.29) is 18.4 Å². The molecule has 1 amide bonds. The maximum atomic E-state index is 14.0. The van der Waals surface area contributed by atoms with Crippen molar-refractivity contribution in [2.75, 3.05) is 7.11 Å². The topological polar surface area (TPSA) is 114 Å². The van der Waals surface area contributed by atoms with Gasteiger partial charge in [0.05, 0.1) is 45.2 Å². The summed E-state index contributed by atoms with van der Waals surface area (Å²) >= 11 is 0. The van der Waals surface area contributed by atoms with E-state index in [1.54, 1.807) is 20.0 Å². The van der Waals surface area contributed by atoms with Crippen LogP contribution >= 0.6 is 0 Å². The lowest BCUT2D eigenvalue weighted by atomic mass is 10.0. The highest BCUT2D eigenvalue weighted by Gasteiger charge is 2.51. The molecule has 2 saturated carbocycles. The van der Waals surface area contributed by atoms with Gasteiger partial charge in [-0.1, -0.05) is 6.07 Å². The van der Waals surface area contributed by atoms with E-state index in [0.29, 0.717) is 24.2 Å². The molecule has 2 aromatic rings. The van der Waals surface area contributed by atoms with Gasteiger partial charge in [0.1, 0.15) is 5.54 Å². The summed E-state index contributed by atoms with van der Waals surface area (Å²) in [5, 5.41) is 14.8. The second kappa shape index (κ2) is 8.64. The molecule has 8 nitrogen and oxygen atoms in total. The van der Waals surface area contributed by atoms with Gasteiger partial charge in [0, 0.05) is 19.7 Å². The summed E-state index contributed by atoms with van der Waals surface area (Å²) < 4.78 is 75.8. The average molecular weight is 511 g/mol.